The molecule has 3 rings (SSSR count). The maximum Gasteiger partial charge on any atom is 0.271 e. The molecule has 2 atom stereocenters. The minimum atomic E-state index is -3.90. The third-order valence-corrected chi connectivity index (χ3v) is 7.46. The van der Waals surface area contributed by atoms with E-state index in [0.29, 0.717) is 12.0 Å². The average Bonchev–Trinajstić information content (AvgIpc) is 2.77. The fourth-order valence-corrected chi connectivity index (χ4v) is 5.64. The summed E-state index contributed by atoms with van der Waals surface area (Å²) in [7, 11) is -3.90. The summed E-state index contributed by atoms with van der Waals surface area (Å²) in [5.74, 6) is -0.462. The first-order valence-corrected chi connectivity index (χ1v) is 13.0. The molecule has 0 aliphatic heterocycles. The third-order valence-electron chi connectivity index (χ3n) is 6.23. The second kappa shape index (κ2) is 9.91. The van der Waals surface area contributed by atoms with Crippen LogP contribution in [0.4, 0.5) is 11.4 Å². The lowest BCUT2D eigenvalue weighted by Crippen LogP contribution is -2.48. The van der Waals surface area contributed by atoms with Crippen LogP contribution in [0.3, 0.4) is 0 Å². The number of sulfonamides is 1. The highest BCUT2D eigenvalue weighted by atomic mass is 32.2. The molecule has 0 bridgehead atoms. The van der Waals surface area contributed by atoms with E-state index in [0.717, 1.165) is 35.4 Å². The Morgan fingerprint density at radius 1 is 1.15 bits per heavy atom. The second-order valence-electron chi connectivity index (χ2n) is 8.67. The first kappa shape index (κ1) is 24.7. The maximum absolute atomic E-state index is 13.2. The number of carbonyl (C=O) groups is 1. The van der Waals surface area contributed by atoms with Crippen molar-refractivity contribution < 1.29 is 18.1 Å². The predicted octanol–water partition coefficient (Wildman–Crippen LogP) is 4.20. The normalized spacial score (nSPS) is 15.3. The topological polar surface area (TPSA) is 110 Å². The highest BCUT2D eigenvalue weighted by Crippen LogP contribution is 2.30. The van der Waals surface area contributed by atoms with Crippen LogP contribution in [0.15, 0.2) is 36.4 Å². The Morgan fingerprint density at radius 2 is 1.82 bits per heavy atom. The van der Waals surface area contributed by atoms with Gasteiger partial charge in [0, 0.05) is 12.1 Å². The number of nitrogens with one attached hydrogen (secondary N) is 1. The summed E-state index contributed by atoms with van der Waals surface area (Å²) in [6.07, 6.45) is 6.08. The van der Waals surface area contributed by atoms with Crippen molar-refractivity contribution in [3.8, 4) is 0 Å². The number of nitro benzene ring substituents is 1. The number of rotatable bonds is 8. The fourth-order valence-electron chi connectivity index (χ4n) is 4.41. The SMILES string of the molecule is CC[C@H](NC(=O)[C@H](C)N(c1cc([N+](=O)[O-])ccc1C)S(C)(=O)=O)c1ccc2c(c1)CCCC2. The van der Waals surface area contributed by atoms with E-state index < -0.39 is 26.9 Å². The van der Waals surface area contributed by atoms with Gasteiger partial charge < -0.3 is 5.32 Å². The van der Waals surface area contributed by atoms with Gasteiger partial charge in [0.05, 0.1) is 22.9 Å². The van der Waals surface area contributed by atoms with E-state index in [-0.39, 0.29) is 17.4 Å². The van der Waals surface area contributed by atoms with Gasteiger partial charge in [-0.2, -0.15) is 0 Å². The monoisotopic (exact) mass is 473 g/mol. The molecule has 1 N–H and O–H groups in total. The van der Waals surface area contributed by atoms with Gasteiger partial charge in [-0.05, 0) is 68.2 Å². The first-order valence-electron chi connectivity index (χ1n) is 11.2. The molecule has 178 valence electrons. The summed E-state index contributed by atoms with van der Waals surface area (Å²) in [4.78, 5) is 23.9. The smallest absolute Gasteiger partial charge is 0.271 e. The molecule has 0 unspecified atom stereocenters. The summed E-state index contributed by atoms with van der Waals surface area (Å²) in [5.41, 5.74) is 4.06. The van der Waals surface area contributed by atoms with Gasteiger partial charge in [-0.3, -0.25) is 19.2 Å². The number of nitrogens with zero attached hydrogens (tertiary/aromatic N) is 2. The van der Waals surface area contributed by atoms with Crippen LogP contribution in [0.2, 0.25) is 0 Å². The lowest BCUT2D eigenvalue weighted by Gasteiger charge is -2.31. The van der Waals surface area contributed by atoms with E-state index in [9.17, 15) is 23.3 Å². The Morgan fingerprint density at radius 3 is 2.42 bits per heavy atom. The van der Waals surface area contributed by atoms with Crippen molar-refractivity contribution in [2.24, 2.45) is 0 Å². The van der Waals surface area contributed by atoms with Gasteiger partial charge in [-0.15, -0.1) is 0 Å². The second-order valence-corrected chi connectivity index (χ2v) is 10.5. The first-order chi connectivity index (χ1) is 15.5. The van der Waals surface area contributed by atoms with E-state index >= 15 is 0 Å². The fraction of sp³-hybridized carbons (Fsp3) is 0.458. The molecule has 0 heterocycles. The largest absolute Gasteiger partial charge is 0.347 e. The predicted molar refractivity (Wildman–Crippen MR) is 129 cm³/mol. The van der Waals surface area contributed by atoms with Gasteiger partial charge in [-0.1, -0.05) is 31.2 Å². The zero-order valence-electron chi connectivity index (χ0n) is 19.5. The number of anilines is 1. The molecular formula is C24H31N3O5S. The molecule has 0 aromatic heterocycles. The van der Waals surface area contributed by atoms with Crippen LogP contribution >= 0.6 is 0 Å². The molecule has 1 aliphatic carbocycles. The summed E-state index contributed by atoms with van der Waals surface area (Å²) in [6.45, 7) is 5.12. The minimum Gasteiger partial charge on any atom is -0.347 e. The molecule has 0 saturated heterocycles. The molecule has 0 fully saturated rings. The summed E-state index contributed by atoms with van der Waals surface area (Å²) in [5, 5.41) is 14.2. The van der Waals surface area contributed by atoms with Crippen LogP contribution in [0.5, 0.6) is 0 Å². The lowest BCUT2D eigenvalue weighted by atomic mass is 9.88. The zero-order chi connectivity index (χ0) is 24.3. The van der Waals surface area contributed by atoms with Crippen molar-refractivity contribution in [1.82, 2.24) is 5.32 Å². The van der Waals surface area contributed by atoms with Crippen LogP contribution in [-0.4, -0.2) is 31.5 Å². The van der Waals surface area contributed by atoms with E-state index in [4.69, 9.17) is 0 Å². The van der Waals surface area contributed by atoms with Crippen LogP contribution < -0.4 is 9.62 Å². The standard InChI is InChI=1S/C24H31N3O5S/c1-5-22(20-12-11-18-8-6-7-9-19(18)14-20)25-24(28)17(3)26(33(4,31)32)23-15-21(27(29)30)13-10-16(23)2/h10-15,17,22H,5-9H2,1-4H3,(H,25,28)/t17-,22-/m0/s1. The molecule has 2 aromatic rings. The average molecular weight is 474 g/mol. The van der Waals surface area contributed by atoms with Crippen molar-refractivity contribution in [3.05, 3.63) is 68.8 Å². The molecule has 2 aromatic carbocycles. The van der Waals surface area contributed by atoms with E-state index in [1.165, 1.54) is 42.7 Å². The molecule has 33 heavy (non-hydrogen) atoms. The molecule has 0 radical (unpaired) electrons. The van der Waals surface area contributed by atoms with Gasteiger partial charge >= 0.3 is 0 Å². The number of benzene rings is 2. The maximum atomic E-state index is 13.2. The number of hydrogen-bond acceptors (Lipinski definition) is 5. The number of amides is 1. The molecule has 0 saturated carbocycles. The highest BCUT2D eigenvalue weighted by molar-refractivity contribution is 7.92. The molecule has 0 spiro atoms. The Hall–Kier alpha value is -2.94. The third kappa shape index (κ3) is 5.52. The molecule has 1 aliphatic rings. The zero-order valence-corrected chi connectivity index (χ0v) is 20.3. The van der Waals surface area contributed by atoms with Gasteiger partial charge in [0.15, 0.2) is 0 Å². The Bertz CT molecular complexity index is 1160. The Kier molecular flexibility index (Phi) is 7.41. The molecule has 1 amide bonds. The van der Waals surface area contributed by atoms with E-state index in [1.807, 2.05) is 13.0 Å². The van der Waals surface area contributed by atoms with Crippen molar-refractivity contribution in [1.29, 1.82) is 0 Å². The van der Waals surface area contributed by atoms with Crippen LogP contribution in [0.25, 0.3) is 0 Å². The quantitative estimate of drug-likeness (QED) is 0.456. The van der Waals surface area contributed by atoms with E-state index in [1.54, 1.807) is 6.92 Å². The Labute approximate surface area is 195 Å². The Balaban J connectivity index is 1.89. The number of fused-ring (bicyclic) bond motifs is 1. The van der Waals surface area contributed by atoms with Crippen molar-refractivity contribution in [2.45, 2.75) is 65.0 Å². The van der Waals surface area contributed by atoms with Crippen LogP contribution in [0, 0.1) is 17.0 Å². The molecule has 9 heteroatoms. The summed E-state index contributed by atoms with van der Waals surface area (Å²) >= 11 is 0. The highest BCUT2D eigenvalue weighted by Gasteiger charge is 2.32. The van der Waals surface area contributed by atoms with Gasteiger partial charge in [0.2, 0.25) is 15.9 Å². The molecular weight excluding hydrogens is 442 g/mol. The van der Waals surface area contributed by atoms with Gasteiger partial charge in [0.25, 0.3) is 5.69 Å². The van der Waals surface area contributed by atoms with Crippen molar-refractivity contribution in [2.75, 3.05) is 10.6 Å². The van der Waals surface area contributed by atoms with Crippen LogP contribution in [-0.2, 0) is 27.7 Å². The summed E-state index contributed by atoms with van der Waals surface area (Å²) < 4.78 is 26.3. The number of hydrogen-bond donors (Lipinski definition) is 1. The van der Waals surface area contributed by atoms with Crippen LogP contribution in [0.1, 0.15) is 61.4 Å². The minimum absolute atomic E-state index is 0.121. The van der Waals surface area contributed by atoms with E-state index in [2.05, 4.69) is 17.4 Å². The summed E-state index contributed by atoms with van der Waals surface area (Å²) in [6, 6.07) is 8.94. The number of carbonyl (C=O) groups excluding carboxylic acids is 1. The number of non-ortho nitro benzene ring substituents is 1. The van der Waals surface area contributed by atoms with Crippen molar-refractivity contribution in [3.63, 3.8) is 0 Å². The van der Waals surface area contributed by atoms with Gasteiger partial charge in [-0.25, -0.2) is 8.42 Å². The number of nitro groups is 1. The van der Waals surface area contributed by atoms with Gasteiger partial charge in [0.1, 0.15) is 6.04 Å². The van der Waals surface area contributed by atoms with Crippen molar-refractivity contribution >= 4 is 27.3 Å². The lowest BCUT2D eigenvalue weighted by molar-refractivity contribution is -0.384. The number of aryl methyl sites for hydroxylation is 3. The molecule has 8 nitrogen and oxygen atoms in total.